The molecule has 0 aliphatic heterocycles. The zero-order valence-electron chi connectivity index (χ0n) is 18.1. The highest BCUT2D eigenvalue weighted by Gasteiger charge is 2.34. The Balaban J connectivity index is 3.10. The van der Waals surface area contributed by atoms with Crippen LogP contribution in [0.1, 0.15) is 46.1 Å². The number of amides is 2. The molecule has 0 aliphatic carbocycles. The Hall–Kier alpha value is -2.41. The third-order valence-corrected chi connectivity index (χ3v) is 5.21. The van der Waals surface area contributed by atoms with Crippen molar-refractivity contribution in [1.82, 2.24) is 10.2 Å². The topological polar surface area (TPSA) is 113 Å². The van der Waals surface area contributed by atoms with Gasteiger partial charge in [0.1, 0.15) is 12.1 Å². The van der Waals surface area contributed by atoms with Crippen molar-refractivity contribution in [3.05, 3.63) is 35.9 Å². The number of benzene rings is 1. The Morgan fingerprint density at radius 1 is 1.14 bits per heavy atom. The van der Waals surface area contributed by atoms with E-state index in [1.54, 1.807) is 14.0 Å². The number of likely N-dealkylation sites (N-methyl/N-ethyl adjacent to an activating group) is 1. The standard InChI is InChI=1S/C22H35N3O4/c1-6-15(4)19(22(28)29)24-20(26)18(13-16-10-8-7-9-11-16)25(5)21(27)17(23)12-14(2)3/h7-11,14-15,17-19H,6,12-13,23H2,1-5H3,(H,24,26)(H,28,29)/t15-,17-,18-,19-/m0/s1. The number of carbonyl (C=O) groups excluding carboxylic acids is 2. The Labute approximate surface area is 173 Å². The maximum atomic E-state index is 13.1. The van der Waals surface area contributed by atoms with Gasteiger partial charge in [0, 0.05) is 13.5 Å². The van der Waals surface area contributed by atoms with Crippen molar-refractivity contribution in [2.24, 2.45) is 17.6 Å². The van der Waals surface area contributed by atoms with Crippen LogP contribution in [0.3, 0.4) is 0 Å². The van der Waals surface area contributed by atoms with E-state index in [4.69, 9.17) is 5.73 Å². The van der Waals surface area contributed by atoms with Gasteiger partial charge in [-0.05, 0) is 23.8 Å². The highest BCUT2D eigenvalue weighted by molar-refractivity contribution is 5.92. The second-order valence-corrected chi connectivity index (χ2v) is 8.10. The van der Waals surface area contributed by atoms with Gasteiger partial charge in [-0.3, -0.25) is 9.59 Å². The average Bonchev–Trinajstić information content (AvgIpc) is 2.68. The van der Waals surface area contributed by atoms with Crippen LogP contribution in [0.25, 0.3) is 0 Å². The van der Waals surface area contributed by atoms with E-state index in [9.17, 15) is 19.5 Å². The Morgan fingerprint density at radius 2 is 1.72 bits per heavy atom. The van der Waals surface area contributed by atoms with E-state index in [1.807, 2.05) is 51.1 Å². The van der Waals surface area contributed by atoms with Crippen molar-refractivity contribution in [2.75, 3.05) is 7.05 Å². The molecule has 0 heterocycles. The lowest BCUT2D eigenvalue weighted by Crippen LogP contribution is -2.56. The maximum Gasteiger partial charge on any atom is 0.326 e. The molecular weight excluding hydrogens is 370 g/mol. The van der Waals surface area contributed by atoms with E-state index in [0.29, 0.717) is 12.8 Å². The molecule has 7 nitrogen and oxygen atoms in total. The summed E-state index contributed by atoms with van der Waals surface area (Å²) in [6.45, 7) is 7.60. The molecule has 0 saturated carbocycles. The molecule has 1 aromatic rings. The summed E-state index contributed by atoms with van der Waals surface area (Å²) in [4.78, 5) is 38.9. The summed E-state index contributed by atoms with van der Waals surface area (Å²) in [6, 6.07) is 6.75. The molecule has 0 saturated heterocycles. The molecule has 0 bridgehead atoms. The molecule has 0 radical (unpaired) electrons. The monoisotopic (exact) mass is 405 g/mol. The Bertz CT molecular complexity index is 678. The van der Waals surface area contributed by atoms with Crippen LogP contribution < -0.4 is 11.1 Å². The summed E-state index contributed by atoms with van der Waals surface area (Å²) in [5.74, 6) is -1.90. The van der Waals surface area contributed by atoms with Gasteiger partial charge in [-0.15, -0.1) is 0 Å². The lowest BCUT2D eigenvalue weighted by molar-refractivity contribution is -0.145. The van der Waals surface area contributed by atoms with Crippen LogP contribution in [0.4, 0.5) is 0 Å². The van der Waals surface area contributed by atoms with Crippen LogP contribution in [0.5, 0.6) is 0 Å². The minimum Gasteiger partial charge on any atom is -0.480 e. The van der Waals surface area contributed by atoms with Crippen LogP contribution in [0, 0.1) is 11.8 Å². The summed E-state index contributed by atoms with van der Waals surface area (Å²) in [5, 5.41) is 12.1. The fourth-order valence-electron chi connectivity index (χ4n) is 3.20. The van der Waals surface area contributed by atoms with Crippen molar-refractivity contribution in [3.8, 4) is 0 Å². The molecule has 0 unspecified atom stereocenters. The highest BCUT2D eigenvalue weighted by Crippen LogP contribution is 2.14. The maximum absolute atomic E-state index is 13.1. The molecule has 0 aromatic heterocycles. The fraction of sp³-hybridized carbons (Fsp3) is 0.591. The number of carbonyl (C=O) groups is 3. The third kappa shape index (κ3) is 7.49. The summed E-state index contributed by atoms with van der Waals surface area (Å²) < 4.78 is 0. The summed E-state index contributed by atoms with van der Waals surface area (Å²) in [5.41, 5.74) is 6.93. The van der Waals surface area contributed by atoms with Gasteiger partial charge in [-0.1, -0.05) is 64.4 Å². The van der Waals surface area contributed by atoms with Gasteiger partial charge in [0.2, 0.25) is 11.8 Å². The molecule has 1 aromatic carbocycles. The number of hydrogen-bond acceptors (Lipinski definition) is 4. The first kappa shape index (κ1) is 24.6. The van der Waals surface area contributed by atoms with Gasteiger partial charge in [0.05, 0.1) is 6.04 Å². The van der Waals surface area contributed by atoms with Crippen molar-refractivity contribution in [1.29, 1.82) is 0 Å². The van der Waals surface area contributed by atoms with Gasteiger partial charge < -0.3 is 21.1 Å². The second kappa shape index (κ2) is 11.6. The number of nitrogens with two attached hydrogens (primary N) is 1. The second-order valence-electron chi connectivity index (χ2n) is 8.10. The molecule has 162 valence electrons. The van der Waals surface area contributed by atoms with Crippen LogP contribution >= 0.6 is 0 Å². The van der Waals surface area contributed by atoms with Gasteiger partial charge in [-0.25, -0.2) is 4.79 Å². The number of nitrogens with one attached hydrogen (secondary N) is 1. The smallest absolute Gasteiger partial charge is 0.326 e. The number of carboxylic acid groups (broad SMARTS) is 1. The number of rotatable bonds is 11. The van der Waals surface area contributed by atoms with Gasteiger partial charge in [0.25, 0.3) is 0 Å². The molecule has 29 heavy (non-hydrogen) atoms. The minimum atomic E-state index is -1.09. The molecule has 7 heteroatoms. The zero-order valence-corrected chi connectivity index (χ0v) is 18.1. The largest absolute Gasteiger partial charge is 0.480 e. The summed E-state index contributed by atoms with van der Waals surface area (Å²) in [6.07, 6.45) is 1.39. The predicted octanol–water partition coefficient (Wildman–Crippen LogP) is 2.05. The normalized spacial score (nSPS) is 15.3. The molecule has 0 spiro atoms. The van der Waals surface area contributed by atoms with E-state index in [-0.39, 0.29) is 24.2 Å². The lowest BCUT2D eigenvalue weighted by Gasteiger charge is -2.31. The number of hydrogen-bond donors (Lipinski definition) is 3. The van der Waals surface area contributed by atoms with Crippen molar-refractivity contribution in [3.63, 3.8) is 0 Å². The molecule has 4 atom stereocenters. The van der Waals surface area contributed by atoms with Crippen molar-refractivity contribution in [2.45, 2.75) is 65.1 Å². The predicted molar refractivity (Wildman–Crippen MR) is 113 cm³/mol. The number of carboxylic acids is 1. The van der Waals surface area contributed by atoms with E-state index in [2.05, 4.69) is 5.32 Å². The van der Waals surface area contributed by atoms with Crippen LogP contribution in [-0.4, -0.2) is 53.0 Å². The number of aliphatic carboxylic acids is 1. The van der Waals surface area contributed by atoms with E-state index in [0.717, 1.165) is 5.56 Å². The fourth-order valence-corrected chi connectivity index (χ4v) is 3.20. The van der Waals surface area contributed by atoms with Crippen LogP contribution in [-0.2, 0) is 20.8 Å². The molecule has 2 amide bonds. The Kier molecular flexibility index (Phi) is 9.81. The molecule has 1 rings (SSSR count). The SMILES string of the molecule is CC[C@H](C)[C@H](NC(=O)[C@H](Cc1ccccc1)N(C)C(=O)[C@@H](N)CC(C)C)C(=O)O. The van der Waals surface area contributed by atoms with E-state index in [1.165, 1.54) is 4.90 Å². The van der Waals surface area contributed by atoms with E-state index >= 15 is 0 Å². The first-order chi connectivity index (χ1) is 13.6. The van der Waals surface area contributed by atoms with Gasteiger partial charge >= 0.3 is 5.97 Å². The van der Waals surface area contributed by atoms with Gasteiger partial charge in [0.15, 0.2) is 0 Å². The molecular formula is C22H35N3O4. The highest BCUT2D eigenvalue weighted by atomic mass is 16.4. The van der Waals surface area contributed by atoms with E-state index < -0.39 is 30.0 Å². The molecule has 4 N–H and O–H groups in total. The van der Waals surface area contributed by atoms with Crippen LogP contribution in [0.15, 0.2) is 30.3 Å². The quantitative estimate of drug-likeness (QED) is 0.521. The van der Waals surface area contributed by atoms with Crippen LogP contribution in [0.2, 0.25) is 0 Å². The van der Waals surface area contributed by atoms with Crippen molar-refractivity contribution >= 4 is 17.8 Å². The third-order valence-electron chi connectivity index (χ3n) is 5.21. The summed E-state index contributed by atoms with van der Waals surface area (Å²) in [7, 11) is 1.55. The average molecular weight is 406 g/mol. The van der Waals surface area contributed by atoms with Crippen molar-refractivity contribution < 1.29 is 19.5 Å². The number of nitrogens with zero attached hydrogens (tertiary/aromatic N) is 1. The first-order valence-corrected chi connectivity index (χ1v) is 10.2. The van der Waals surface area contributed by atoms with Gasteiger partial charge in [-0.2, -0.15) is 0 Å². The Morgan fingerprint density at radius 3 is 2.21 bits per heavy atom. The first-order valence-electron chi connectivity index (χ1n) is 10.2. The molecule has 0 aliphatic rings. The zero-order chi connectivity index (χ0) is 22.1. The lowest BCUT2D eigenvalue weighted by atomic mass is 9.97. The summed E-state index contributed by atoms with van der Waals surface area (Å²) >= 11 is 0. The minimum absolute atomic E-state index is 0.238. The molecule has 0 fully saturated rings.